The number of ether oxygens (including phenoxy) is 2. The molecule has 0 spiro atoms. The first-order valence-corrected chi connectivity index (χ1v) is 10.2. The number of halogens is 1. The van der Waals surface area contributed by atoms with Gasteiger partial charge in [0, 0.05) is 0 Å². The van der Waals surface area contributed by atoms with Crippen LogP contribution in [-0.2, 0) is 11.4 Å². The summed E-state index contributed by atoms with van der Waals surface area (Å²) in [6.45, 7) is 1.64. The molecule has 0 fully saturated rings. The Morgan fingerprint density at radius 3 is 2.42 bits per heavy atom. The summed E-state index contributed by atoms with van der Waals surface area (Å²) in [5.41, 5.74) is 4.61. The molecule has 0 radical (unpaired) electrons. The van der Waals surface area contributed by atoms with E-state index in [9.17, 15) is 14.0 Å². The molecular formula is C25H21FN2O5. The van der Waals surface area contributed by atoms with Crippen molar-refractivity contribution in [1.82, 2.24) is 10.9 Å². The molecule has 2 N–H and O–H groups in total. The summed E-state index contributed by atoms with van der Waals surface area (Å²) >= 11 is 0. The number of hydrazine groups is 1. The van der Waals surface area contributed by atoms with Crippen LogP contribution in [0.3, 0.4) is 0 Å². The maximum atomic E-state index is 12.9. The quantitative estimate of drug-likeness (QED) is 0.410. The zero-order chi connectivity index (χ0) is 23.2. The maximum Gasteiger partial charge on any atom is 0.305 e. The summed E-state index contributed by atoms with van der Waals surface area (Å²) < 4.78 is 29.5. The Bertz CT molecular complexity index is 1270. The van der Waals surface area contributed by atoms with Crippen LogP contribution in [0.25, 0.3) is 10.8 Å². The molecule has 1 atom stereocenters. The Kier molecular flexibility index (Phi) is 6.54. The highest BCUT2D eigenvalue weighted by molar-refractivity contribution is 5.93. The van der Waals surface area contributed by atoms with E-state index in [0.29, 0.717) is 17.3 Å². The maximum absolute atomic E-state index is 12.9. The van der Waals surface area contributed by atoms with Gasteiger partial charge in [0.05, 0.1) is 0 Å². The number of hydrogen-bond donors (Lipinski definition) is 2. The smallest absolute Gasteiger partial charge is 0.305 e. The zero-order valence-corrected chi connectivity index (χ0v) is 17.7. The summed E-state index contributed by atoms with van der Waals surface area (Å²) in [6.07, 6.45) is -0.845. The van der Waals surface area contributed by atoms with Gasteiger partial charge in [0.25, 0.3) is 5.91 Å². The Labute approximate surface area is 189 Å². The van der Waals surface area contributed by atoms with Gasteiger partial charge in [0.1, 0.15) is 29.7 Å². The zero-order valence-electron chi connectivity index (χ0n) is 17.7. The molecular weight excluding hydrogens is 427 g/mol. The Balaban J connectivity index is 1.26. The minimum atomic E-state index is -0.845. The van der Waals surface area contributed by atoms with Gasteiger partial charge in [-0.15, -0.1) is 0 Å². The van der Waals surface area contributed by atoms with E-state index >= 15 is 0 Å². The molecule has 1 aromatic heterocycles. The molecule has 1 unspecified atom stereocenters. The summed E-state index contributed by atoms with van der Waals surface area (Å²) in [7, 11) is 0. The van der Waals surface area contributed by atoms with Crippen LogP contribution >= 0.6 is 0 Å². The molecule has 8 heteroatoms. The second-order valence-corrected chi connectivity index (χ2v) is 7.22. The molecule has 0 aliphatic heterocycles. The van der Waals surface area contributed by atoms with Gasteiger partial charge in [-0.05, 0) is 66.2 Å². The average Bonchev–Trinajstić information content (AvgIpc) is 3.31. The van der Waals surface area contributed by atoms with Gasteiger partial charge >= 0.3 is 5.91 Å². The second-order valence-electron chi connectivity index (χ2n) is 7.22. The van der Waals surface area contributed by atoms with Gasteiger partial charge in [0.15, 0.2) is 11.9 Å². The molecule has 0 saturated carbocycles. The minimum absolute atomic E-state index is 0.00360. The molecule has 4 rings (SSSR count). The standard InChI is InChI=1S/C25H21FN2O5/c1-16(32-21-9-6-17-4-2-3-5-18(17)14-21)24(29)27-28-25(30)23-13-12-22(33-23)15-31-20-10-7-19(26)8-11-20/h2-14,16H,15H2,1H3,(H,27,29)(H,28,30). The third-order valence-corrected chi connectivity index (χ3v) is 4.78. The molecule has 7 nitrogen and oxygen atoms in total. The highest BCUT2D eigenvalue weighted by atomic mass is 19.1. The lowest BCUT2D eigenvalue weighted by Gasteiger charge is -2.15. The third-order valence-electron chi connectivity index (χ3n) is 4.78. The number of nitrogens with one attached hydrogen (secondary N) is 2. The molecule has 0 aliphatic carbocycles. The molecule has 4 aromatic rings. The predicted molar refractivity (Wildman–Crippen MR) is 119 cm³/mol. The van der Waals surface area contributed by atoms with Crippen LogP contribution < -0.4 is 20.3 Å². The number of benzene rings is 3. The first-order valence-electron chi connectivity index (χ1n) is 10.2. The Hall–Kier alpha value is -4.33. The molecule has 2 amide bonds. The van der Waals surface area contributed by atoms with E-state index in [2.05, 4.69) is 10.9 Å². The number of amides is 2. The van der Waals surface area contributed by atoms with Crippen LogP contribution in [0.2, 0.25) is 0 Å². The normalized spacial score (nSPS) is 11.6. The number of carbonyl (C=O) groups is 2. The van der Waals surface area contributed by atoms with Crippen molar-refractivity contribution in [1.29, 1.82) is 0 Å². The summed E-state index contributed by atoms with van der Waals surface area (Å²) in [5.74, 6) is -0.124. The van der Waals surface area contributed by atoms with E-state index in [0.717, 1.165) is 10.8 Å². The molecule has 0 bridgehead atoms. The van der Waals surface area contributed by atoms with Crippen molar-refractivity contribution in [3.63, 3.8) is 0 Å². The Morgan fingerprint density at radius 2 is 1.64 bits per heavy atom. The van der Waals surface area contributed by atoms with Gasteiger partial charge in [0.2, 0.25) is 0 Å². The van der Waals surface area contributed by atoms with Gasteiger partial charge in [-0.2, -0.15) is 0 Å². The lowest BCUT2D eigenvalue weighted by molar-refractivity contribution is -0.128. The van der Waals surface area contributed by atoms with Crippen molar-refractivity contribution in [2.24, 2.45) is 0 Å². The van der Waals surface area contributed by atoms with Crippen molar-refractivity contribution >= 4 is 22.6 Å². The van der Waals surface area contributed by atoms with Gasteiger partial charge in [-0.25, -0.2) is 4.39 Å². The topological polar surface area (TPSA) is 89.8 Å². The van der Waals surface area contributed by atoms with Gasteiger partial charge in [-0.3, -0.25) is 20.4 Å². The molecule has 3 aromatic carbocycles. The second kappa shape index (κ2) is 9.86. The average molecular weight is 448 g/mol. The molecule has 0 aliphatic rings. The first kappa shape index (κ1) is 21.9. The summed E-state index contributed by atoms with van der Waals surface area (Å²) in [4.78, 5) is 24.6. The number of fused-ring (bicyclic) bond motifs is 1. The largest absolute Gasteiger partial charge is 0.486 e. The lowest BCUT2D eigenvalue weighted by Crippen LogP contribution is -2.47. The SMILES string of the molecule is CC(Oc1ccc2ccccc2c1)C(=O)NNC(=O)c1ccc(COc2ccc(F)cc2)o1. The molecule has 0 saturated heterocycles. The van der Waals surface area contributed by atoms with Crippen LogP contribution in [0.1, 0.15) is 23.2 Å². The van der Waals surface area contributed by atoms with Crippen molar-refractivity contribution in [2.45, 2.75) is 19.6 Å². The van der Waals surface area contributed by atoms with E-state index in [4.69, 9.17) is 13.9 Å². The first-order chi connectivity index (χ1) is 16.0. The third kappa shape index (κ3) is 5.68. The highest BCUT2D eigenvalue weighted by Crippen LogP contribution is 2.21. The summed E-state index contributed by atoms with van der Waals surface area (Å²) in [6, 6.07) is 21.9. The number of rotatable bonds is 7. The number of hydrogen-bond acceptors (Lipinski definition) is 5. The van der Waals surface area contributed by atoms with E-state index in [1.165, 1.54) is 30.3 Å². The van der Waals surface area contributed by atoms with Crippen molar-refractivity contribution in [3.05, 3.63) is 96.2 Å². The van der Waals surface area contributed by atoms with Gasteiger partial charge < -0.3 is 13.9 Å². The number of furan rings is 1. The highest BCUT2D eigenvalue weighted by Gasteiger charge is 2.17. The minimum Gasteiger partial charge on any atom is -0.486 e. The number of carbonyl (C=O) groups excluding carboxylic acids is 2. The fraction of sp³-hybridized carbons (Fsp3) is 0.120. The Morgan fingerprint density at radius 1 is 0.909 bits per heavy atom. The van der Waals surface area contributed by atoms with E-state index < -0.39 is 17.9 Å². The fourth-order valence-electron chi connectivity index (χ4n) is 3.04. The van der Waals surface area contributed by atoms with Crippen molar-refractivity contribution in [2.75, 3.05) is 0 Å². The van der Waals surface area contributed by atoms with Crippen LogP contribution in [0.5, 0.6) is 11.5 Å². The molecule has 168 valence electrons. The molecule has 33 heavy (non-hydrogen) atoms. The van der Waals surface area contributed by atoms with E-state index in [-0.39, 0.29) is 18.2 Å². The summed E-state index contributed by atoms with van der Waals surface area (Å²) in [5, 5.41) is 2.06. The van der Waals surface area contributed by atoms with Crippen molar-refractivity contribution < 1.29 is 27.9 Å². The van der Waals surface area contributed by atoms with Crippen LogP contribution in [-0.4, -0.2) is 17.9 Å². The van der Waals surface area contributed by atoms with Crippen LogP contribution in [0, 0.1) is 5.82 Å². The lowest BCUT2D eigenvalue weighted by atomic mass is 10.1. The predicted octanol–water partition coefficient (Wildman–Crippen LogP) is 4.38. The van der Waals surface area contributed by atoms with Crippen LogP contribution in [0.15, 0.2) is 83.3 Å². The fourth-order valence-corrected chi connectivity index (χ4v) is 3.04. The van der Waals surface area contributed by atoms with Crippen molar-refractivity contribution in [3.8, 4) is 11.5 Å². The van der Waals surface area contributed by atoms with Gasteiger partial charge in [-0.1, -0.05) is 30.3 Å². The van der Waals surface area contributed by atoms with E-state index in [1.807, 2.05) is 36.4 Å². The molecule has 1 heterocycles. The van der Waals surface area contributed by atoms with E-state index in [1.54, 1.807) is 19.1 Å². The van der Waals surface area contributed by atoms with Crippen LogP contribution in [0.4, 0.5) is 4.39 Å². The monoisotopic (exact) mass is 448 g/mol.